The molecule has 6 heteroatoms. The summed E-state index contributed by atoms with van der Waals surface area (Å²) in [5.74, 6) is 0.514. The number of nitrogens with zero attached hydrogens (tertiary/aromatic N) is 3. The van der Waals surface area contributed by atoms with Crippen LogP contribution in [0, 0.1) is 6.92 Å². The summed E-state index contributed by atoms with van der Waals surface area (Å²) in [6.07, 6.45) is 0.0705. The van der Waals surface area contributed by atoms with Crippen LogP contribution in [0.1, 0.15) is 25.1 Å². The molecular formula is C13H21Cl2N3O. The number of hydrogen-bond acceptors (Lipinski definition) is 3. The highest BCUT2D eigenvalue weighted by Gasteiger charge is 2.33. The number of rotatable bonds is 3. The van der Waals surface area contributed by atoms with Crippen molar-refractivity contribution in [3.63, 3.8) is 0 Å². The van der Waals surface area contributed by atoms with Crippen LogP contribution in [-0.2, 0) is 18.3 Å². The molecule has 1 atom stereocenters. The van der Waals surface area contributed by atoms with Crippen molar-refractivity contribution in [2.45, 2.75) is 39.0 Å². The molecule has 1 aliphatic heterocycles. The molecule has 1 aliphatic rings. The molecule has 0 spiro atoms. The number of aryl methyl sites for hydroxylation is 2. The molecule has 0 saturated carbocycles. The molecule has 0 N–H and O–H groups in total. The largest absolute Gasteiger partial charge is 0.368 e. The van der Waals surface area contributed by atoms with Crippen molar-refractivity contribution in [3.8, 4) is 0 Å². The summed E-state index contributed by atoms with van der Waals surface area (Å²) >= 11 is 12.2. The number of ether oxygens (including phenoxy) is 1. The molecule has 0 radical (unpaired) electrons. The van der Waals surface area contributed by atoms with Gasteiger partial charge in [-0.05, 0) is 20.8 Å². The monoisotopic (exact) mass is 305 g/mol. The average molecular weight is 306 g/mol. The van der Waals surface area contributed by atoms with Gasteiger partial charge in [-0.15, -0.1) is 11.6 Å². The number of morpholine rings is 1. The Morgan fingerprint density at radius 2 is 2.16 bits per heavy atom. The average Bonchev–Trinajstić information content (AvgIpc) is 2.54. The summed E-state index contributed by atoms with van der Waals surface area (Å²) in [7, 11) is 1.86. The summed E-state index contributed by atoms with van der Waals surface area (Å²) in [4.78, 5) is 2.34. The molecular weight excluding hydrogens is 285 g/mol. The van der Waals surface area contributed by atoms with Crippen LogP contribution in [-0.4, -0.2) is 45.4 Å². The highest BCUT2D eigenvalue weighted by molar-refractivity contribution is 6.30. The van der Waals surface area contributed by atoms with Gasteiger partial charge in [-0.2, -0.15) is 5.10 Å². The maximum Gasteiger partial charge on any atom is 0.131 e. The highest BCUT2D eigenvalue weighted by Crippen LogP contribution is 2.26. The molecule has 1 fully saturated rings. The third-order valence-electron chi connectivity index (χ3n) is 3.38. The second-order valence-electron chi connectivity index (χ2n) is 5.80. The Morgan fingerprint density at radius 3 is 2.68 bits per heavy atom. The fourth-order valence-corrected chi connectivity index (χ4v) is 3.09. The van der Waals surface area contributed by atoms with E-state index in [4.69, 9.17) is 27.9 Å². The number of hydrogen-bond donors (Lipinski definition) is 0. The van der Waals surface area contributed by atoms with Crippen molar-refractivity contribution in [2.75, 3.05) is 19.0 Å². The molecule has 108 valence electrons. The van der Waals surface area contributed by atoms with E-state index in [0.29, 0.717) is 11.0 Å². The van der Waals surface area contributed by atoms with Gasteiger partial charge in [0.15, 0.2) is 0 Å². The molecule has 2 heterocycles. The lowest BCUT2D eigenvalue weighted by molar-refractivity contribution is -0.129. The Morgan fingerprint density at radius 1 is 1.47 bits per heavy atom. The standard InChI is InChI=1S/C13H21Cl2N3O/c1-9-11(12(15)17(4)16-9)7-18-6-10(5-14)19-13(2,3)8-18/h10H,5-8H2,1-4H3. The molecule has 0 amide bonds. The summed E-state index contributed by atoms with van der Waals surface area (Å²) in [5, 5.41) is 5.06. The molecule has 1 aromatic rings. The molecule has 2 rings (SSSR count). The molecule has 1 unspecified atom stereocenters. The van der Waals surface area contributed by atoms with Crippen molar-refractivity contribution in [1.29, 1.82) is 0 Å². The summed E-state index contributed by atoms with van der Waals surface area (Å²) in [6.45, 7) is 8.67. The Bertz CT molecular complexity index is 459. The minimum atomic E-state index is -0.180. The lowest BCUT2D eigenvalue weighted by Gasteiger charge is -2.42. The van der Waals surface area contributed by atoms with Gasteiger partial charge in [-0.25, -0.2) is 0 Å². The number of halogens is 2. The second kappa shape index (κ2) is 5.60. The first-order chi connectivity index (χ1) is 8.82. The van der Waals surface area contributed by atoms with Crippen LogP contribution < -0.4 is 0 Å². The van der Waals surface area contributed by atoms with Gasteiger partial charge in [0.1, 0.15) is 5.15 Å². The molecule has 0 aromatic carbocycles. The maximum absolute atomic E-state index is 6.29. The van der Waals surface area contributed by atoms with Gasteiger partial charge < -0.3 is 4.74 Å². The predicted molar refractivity (Wildman–Crippen MR) is 77.9 cm³/mol. The topological polar surface area (TPSA) is 30.3 Å². The van der Waals surface area contributed by atoms with E-state index in [1.165, 1.54) is 0 Å². The van der Waals surface area contributed by atoms with E-state index >= 15 is 0 Å². The highest BCUT2D eigenvalue weighted by atomic mass is 35.5. The van der Waals surface area contributed by atoms with Crippen LogP contribution in [0.3, 0.4) is 0 Å². The Labute approximate surface area is 124 Å². The van der Waals surface area contributed by atoms with E-state index < -0.39 is 0 Å². The first-order valence-electron chi connectivity index (χ1n) is 6.46. The van der Waals surface area contributed by atoms with Gasteiger partial charge in [0, 0.05) is 38.1 Å². The smallest absolute Gasteiger partial charge is 0.131 e. The van der Waals surface area contributed by atoms with Crippen molar-refractivity contribution < 1.29 is 4.74 Å². The van der Waals surface area contributed by atoms with Crippen LogP contribution in [0.2, 0.25) is 5.15 Å². The zero-order valence-electron chi connectivity index (χ0n) is 11.9. The molecule has 1 saturated heterocycles. The minimum Gasteiger partial charge on any atom is -0.368 e. The van der Waals surface area contributed by atoms with Gasteiger partial charge in [0.25, 0.3) is 0 Å². The van der Waals surface area contributed by atoms with Crippen molar-refractivity contribution in [1.82, 2.24) is 14.7 Å². The lowest BCUT2D eigenvalue weighted by Crippen LogP contribution is -2.52. The fraction of sp³-hybridized carbons (Fsp3) is 0.769. The fourth-order valence-electron chi connectivity index (χ4n) is 2.69. The van der Waals surface area contributed by atoms with Crippen LogP contribution >= 0.6 is 23.2 Å². The zero-order valence-corrected chi connectivity index (χ0v) is 13.4. The predicted octanol–water partition coefficient (Wildman–Crippen LogP) is 2.60. The van der Waals surface area contributed by atoms with Gasteiger partial charge in [0.2, 0.25) is 0 Å². The normalized spacial score (nSPS) is 23.8. The van der Waals surface area contributed by atoms with Crippen molar-refractivity contribution in [2.24, 2.45) is 7.05 Å². The van der Waals surface area contributed by atoms with E-state index in [2.05, 4.69) is 23.8 Å². The maximum atomic E-state index is 6.29. The minimum absolute atomic E-state index is 0.0705. The van der Waals surface area contributed by atoms with E-state index in [-0.39, 0.29) is 11.7 Å². The molecule has 0 bridgehead atoms. The Balaban J connectivity index is 2.14. The zero-order chi connectivity index (χ0) is 14.2. The number of alkyl halides is 1. The summed E-state index contributed by atoms with van der Waals surface area (Å²) in [5.41, 5.74) is 1.90. The van der Waals surface area contributed by atoms with Crippen LogP contribution in [0.15, 0.2) is 0 Å². The van der Waals surface area contributed by atoms with Crippen molar-refractivity contribution in [3.05, 3.63) is 16.4 Å². The van der Waals surface area contributed by atoms with E-state index in [1.807, 2.05) is 14.0 Å². The molecule has 19 heavy (non-hydrogen) atoms. The van der Waals surface area contributed by atoms with E-state index in [9.17, 15) is 0 Å². The quantitative estimate of drug-likeness (QED) is 0.804. The van der Waals surface area contributed by atoms with Crippen LogP contribution in [0.5, 0.6) is 0 Å². The Kier molecular flexibility index (Phi) is 4.45. The first kappa shape index (κ1) is 15.1. The molecule has 1 aromatic heterocycles. The van der Waals surface area contributed by atoms with Gasteiger partial charge in [0.05, 0.1) is 17.4 Å². The SMILES string of the molecule is Cc1nn(C)c(Cl)c1CN1CC(CCl)OC(C)(C)C1. The number of aromatic nitrogens is 2. The van der Waals surface area contributed by atoms with E-state index in [0.717, 1.165) is 30.9 Å². The molecule has 4 nitrogen and oxygen atoms in total. The third kappa shape index (κ3) is 3.43. The molecule has 0 aliphatic carbocycles. The van der Waals surface area contributed by atoms with Gasteiger partial charge in [-0.3, -0.25) is 9.58 Å². The van der Waals surface area contributed by atoms with E-state index in [1.54, 1.807) is 4.68 Å². The van der Waals surface area contributed by atoms with Crippen molar-refractivity contribution >= 4 is 23.2 Å². The Hall–Kier alpha value is -0.290. The lowest BCUT2D eigenvalue weighted by atomic mass is 10.0. The van der Waals surface area contributed by atoms with Crippen LogP contribution in [0.25, 0.3) is 0 Å². The van der Waals surface area contributed by atoms with Gasteiger partial charge in [-0.1, -0.05) is 11.6 Å². The summed E-state index contributed by atoms with van der Waals surface area (Å²) in [6, 6.07) is 0. The second-order valence-corrected chi connectivity index (χ2v) is 6.47. The first-order valence-corrected chi connectivity index (χ1v) is 7.38. The third-order valence-corrected chi connectivity index (χ3v) is 4.19. The van der Waals surface area contributed by atoms with Crippen LogP contribution in [0.4, 0.5) is 0 Å². The summed E-state index contributed by atoms with van der Waals surface area (Å²) < 4.78 is 7.65. The van der Waals surface area contributed by atoms with Gasteiger partial charge >= 0.3 is 0 Å².